The summed E-state index contributed by atoms with van der Waals surface area (Å²) in [4.78, 5) is 23.0. The molecule has 2 atom stereocenters. The third kappa shape index (κ3) is 4.41. The number of amides is 1. The molecule has 0 radical (unpaired) electrons. The lowest BCUT2D eigenvalue weighted by Gasteiger charge is -2.29. The van der Waals surface area contributed by atoms with E-state index in [1.54, 1.807) is 13.0 Å². The summed E-state index contributed by atoms with van der Waals surface area (Å²) in [7, 11) is 0. The zero-order valence-electron chi connectivity index (χ0n) is 18.8. The molecule has 6 nitrogen and oxygen atoms in total. The van der Waals surface area contributed by atoms with Crippen LogP contribution in [0.15, 0.2) is 40.6 Å². The minimum absolute atomic E-state index is 0.000513. The lowest BCUT2D eigenvalue weighted by Crippen LogP contribution is -2.42. The lowest BCUT2D eigenvalue weighted by atomic mass is 9.86. The fourth-order valence-electron chi connectivity index (χ4n) is 4.30. The van der Waals surface area contributed by atoms with Crippen LogP contribution in [-0.4, -0.2) is 29.7 Å². The Morgan fingerprint density at radius 3 is 2.44 bits per heavy atom. The summed E-state index contributed by atoms with van der Waals surface area (Å²) in [6.45, 7) is 1.66. The zero-order valence-corrected chi connectivity index (χ0v) is 20.3. The molecular formula is C24H19Cl2F4N3O3. The minimum atomic E-state index is -4.92. The molecule has 0 saturated heterocycles. The van der Waals surface area contributed by atoms with Gasteiger partial charge in [0, 0.05) is 29.9 Å². The van der Waals surface area contributed by atoms with Gasteiger partial charge in [0.05, 0.1) is 21.5 Å². The number of benzene rings is 2. The molecule has 2 heterocycles. The average Bonchev–Trinajstić information content (AvgIpc) is 3.37. The normalized spacial score (nSPS) is 23.6. The van der Waals surface area contributed by atoms with Gasteiger partial charge in [-0.1, -0.05) is 39.6 Å². The molecule has 0 bridgehead atoms. The fraction of sp³-hybridized carbons (Fsp3) is 0.375. The molecule has 12 heteroatoms. The van der Waals surface area contributed by atoms with E-state index in [1.165, 1.54) is 12.1 Å². The second kappa shape index (κ2) is 8.92. The number of halogens is 6. The van der Waals surface area contributed by atoms with E-state index in [1.807, 2.05) is 0 Å². The number of nitrogens with zero attached hydrogens (tertiary/aromatic N) is 2. The third-order valence-corrected chi connectivity index (χ3v) is 7.02. The maximum Gasteiger partial charge on any atom is 0.435 e. The predicted molar refractivity (Wildman–Crippen MR) is 125 cm³/mol. The van der Waals surface area contributed by atoms with E-state index >= 15 is 0 Å². The number of hydrogen-bond acceptors (Lipinski definition) is 5. The molecule has 2 aliphatic heterocycles. The van der Waals surface area contributed by atoms with Crippen molar-refractivity contribution in [2.75, 3.05) is 0 Å². The summed E-state index contributed by atoms with van der Waals surface area (Å²) in [6, 6.07) is 6.20. The molecule has 0 aromatic heterocycles. The maximum atomic E-state index is 14.2. The number of carbonyl (C=O) groups is 1. The van der Waals surface area contributed by atoms with Crippen molar-refractivity contribution in [3.8, 4) is 0 Å². The fourth-order valence-corrected chi connectivity index (χ4v) is 4.79. The second-order valence-electron chi connectivity index (χ2n) is 9.04. The Labute approximate surface area is 213 Å². The van der Waals surface area contributed by atoms with Gasteiger partial charge < -0.3 is 15.0 Å². The summed E-state index contributed by atoms with van der Waals surface area (Å²) in [6.07, 6.45) is -3.49. The smallest absolute Gasteiger partial charge is 0.374 e. The molecule has 1 fully saturated rings. The maximum absolute atomic E-state index is 14.2. The number of oxime groups is 2. The average molecular weight is 544 g/mol. The van der Waals surface area contributed by atoms with Crippen molar-refractivity contribution < 1.29 is 32.0 Å². The van der Waals surface area contributed by atoms with Crippen LogP contribution >= 0.6 is 23.2 Å². The van der Waals surface area contributed by atoms with Gasteiger partial charge in [-0.15, -0.1) is 0 Å². The lowest BCUT2D eigenvalue weighted by molar-refractivity contribution is -0.275. The largest absolute Gasteiger partial charge is 0.435 e. The van der Waals surface area contributed by atoms with E-state index in [2.05, 4.69) is 15.6 Å². The number of rotatable bonds is 5. The molecule has 5 rings (SSSR count). The summed E-state index contributed by atoms with van der Waals surface area (Å²) in [5, 5.41) is 9.37. The second-order valence-corrected chi connectivity index (χ2v) is 9.86. The van der Waals surface area contributed by atoms with Crippen LogP contribution in [0, 0.1) is 18.7 Å². The summed E-state index contributed by atoms with van der Waals surface area (Å²) >= 11 is 11.5. The number of nitrogens with one attached hydrogen (secondary N) is 1. The number of hydrogen-bond donors (Lipinski definition) is 1. The number of aryl methyl sites for hydroxylation is 1. The molecular weight excluding hydrogens is 525 g/mol. The van der Waals surface area contributed by atoms with Crippen molar-refractivity contribution in [2.24, 2.45) is 16.2 Å². The molecule has 1 unspecified atom stereocenters. The van der Waals surface area contributed by atoms with Crippen LogP contribution in [-0.2, 0) is 15.3 Å². The Hall–Kier alpha value is -2.85. The van der Waals surface area contributed by atoms with Gasteiger partial charge in [-0.25, -0.2) is 4.39 Å². The van der Waals surface area contributed by atoms with Crippen molar-refractivity contribution in [1.82, 2.24) is 5.32 Å². The van der Waals surface area contributed by atoms with Crippen LogP contribution in [0.2, 0.25) is 10.0 Å². The Morgan fingerprint density at radius 2 is 1.83 bits per heavy atom. The van der Waals surface area contributed by atoms with Crippen LogP contribution < -0.4 is 5.32 Å². The van der Waals surface area contributed by atoms with Crippen LogP contribution in [0.25, 0.3) is 0 Å². The Morgan fingerprint density at radius 1 is 1.14 bits per heavy atom. The molecule has 0 spiro atoms. The van der Waals surface area contributed by atoms with Crippen molar-refractivity contribution >= 4 is 40.5 Å². The first-order chi connectivity index (χ1) is 17.0. The van der Waals surface area contributed by atoms with Gasteiger partial charge in [0.25, 0.3) is 11.5 Å². The van der Waals surface area contributed by atoms with Gasteiger partial charge in [-0.3, -0.25) is 4.79 Å². The number of alkyl halides is 3. The van der Waals surface area contributed by atoms with Crippen LogP contribution in [0.1, 0.15) is 52.7 Å². The SMILES string of the molecule is Cc1cc(C2=NO[C@@](c3cc(Cl)c(F)c(Cl)c3)(C(F)(F)F)C2)ccc1C(=O)NC1CC(C2CC2)=NO1. The Kier molecular flexibility index (Phi) is 6.15. The van der Waals surface area contributed by atoms with E-state index in [0.717, 1.165) is 30.7 Å². The highest BCUT2D eigenvalue weighted by Gasteiger charge is 2.62. The standard InChI is InChI=1S/C24H19Cl2F4N3O3/c1-11-6-13(4-5-15(11)22(34)31-20-9-18(32-35-20)12-2-3-12)19-10-23(36-33-19,24(28,29)30)14-7-16(25)21(27)17(26)8-14/h4-8,12,20H,2-3,9-10H2,1H3,(H,31,34)/t20?,23-/m0/s1. The number of carbonyl (C=O) groups excluding carboxylic acids is 1. The van der Waals surface area contributed by atoms with Gasteiger partial charge >= 0.3 is 6.18 Å². The van der Waals surface area contributed by atoms with Crippen LogP contribution in [0.4, 0.5) is 17.6 Å². The van der Waals surface area contributed by atoms with Gasteiger partial charge in [0.2, 0.25) is 6.23 Å². The van der Waals surface area contributed by atoms with Gasteiger partial charge in [-0.05, 0) is 55.2 Å². The molecule has 3 aliphatic rings. The van der Waals surface area contributed by atoms with Crippen molar-refractivity contribution in [2.45, 2.75) is 50.6 Å². The van der Waals surface area contributed by atoms with Crippen molar-refractivity contribution in [3.05, 3.63) is 68.4 Å². The molecule has 1 aliphatic carbocycles. The summed E-state index contributed by atoms with van der Waals surface area (Å²) in [5.74, 6) is -0.976. The summed E-state index contributed by atoms with van der Waals surface area (Å²) < 4.78 is 56.5. The van der Waals surface area contributed by atoms with Crippen LogP contribution in [0.5, 0.6) is 0 Å². The molecule has 36 heavy (non-hydrogen) atoms. The van der Waals surface area contributed by atoms with Gasteiger partial charge in [-0.2, -0.15) is 13.2 Å². The quantitative estimate of drug-likeness (QED) is 0.357. The van der Waals surface area contributed by atoms with E-state index in [-0.39, 0.29) is 11.6 Å². The molecule has 1 amide bonds. The highest BCUT2D eigenvalue weighted by molar-refractivity contribution is 6.35. The third-order valence-electron chi connectivity index (χ3n) is 6.47. The van der Waals surface area contributed by atoms with Crippen molar-refractivity contribution in [3.63, 3.8) is 0 Å². The highest BCUT2D eigenvalue weighted by atomic mass is 35.5. The summed E-state index contributed by atoms with van der Waals surface area (Å²) in [5.41, 5.74) is -1.23. The Bertz CT molecular complexity index is 1290. The first-order valence-electron chi connectivity index (χ1n) is 11.1. The van der Waals surface area contributed by atoms with E-state index < -0.39 is 45.9 Å². The topological polar surface area (TPSA) is 72.3 Å². The zero-order chi connectivity index (χ0) is 25.8. The van der Waals surface area contributed by atoms with Gasteiger partial charge in [0.15, 0.2) is 5.82 Å². The van der Waals surface area contributed by atoms with Crippen molar-refractivity contribution in [1.29, 1.82) is 0 Å². The molecule has 2 aromatic carbocycles. The first-order valence-corrected chi connectivity index (χ1v) is 11.9. The highest BCUT2D eigenvalue weighted by Crippen LogP contribution is 2.50. The Balaban J connectivity index is 1.34. The molecule has 190 valence electrons. The van der Waals surface area contributed by atoms with E-state index in [9.17, 15) is 22.4 Å². The first kappa shape index (κ1) is 24.8. The monoisotopic (exact) mass is 543 g/mol. The molecule has 1 saturated carbocycles. The van der Waals surface area contributed by atoms with Gasteiger partial charge in [0.1, 0.15) is 0 Å². The van der Waals surface area contributed by atoms with Crippen LogP contribution in [0.3, 0.4) is 0 Å². The molecule has 1 N–H and O–H groups in total. The molecule has 2 aromatic rings. The van der Waals surface area contributed by atoms with E-state index in [0.29, 0.717) is 29.0 Å². The predicted octanol–water partition coefficient (Wildman–Crippen LogP) is 6.27. The minimum Gasteiger partial charge on any atom is -0.374 e. The van der Waals surface area contributed by atoms with E-state index in [4.69, 9.17) is 32.9 Å².